The second-order valence-corrected chi connectivity index (χ2v) is 3.92. The molecule has 0 aromatic carbocycles. The van der Waals surface area contributed by atoms with Crippen LogP contribution in [-0.4, -0.2) is 37.0 Å². The van der Waals surface area contributed by atoms with E-state index < -0.39 is 6.10 Å². The highest BCUT2D eigenvalue weighted by Crippen LogP contribution is 1.93. The van der Waals surface area contributed by atoms with Gasteiger partial charge in [-0.25, -0.2) is 0 Å². The van der Waals surface area contributed by atoms with Gasteiger partial charge in [0.1, 0.15) is 0 Å². The monoisotopic (exact) mass is 215 g/mol. The lowest BCUT2D eigenvalue weighted by atomic mass is 10.2. The predicted octanol–water partition coefficient (Wildman–Crippen LogP) is 1.72. The molecule has 0 fully saturated rings. The SMILES string of the molecule is C=CCC(C)NCC(O)COCCCC. The van der Waals surface area contributed by atoms with Crippen LogP contribution in [0.3, 0.4) is 0 Å². The molecule has 0 saturated heterocycles. The first kappa shape index (κ1) is 14.6. The van der Waals surface area contributed by atoms with Crippen LogP contribution >= 0.6 is 0 Å². The summed E-state index contributed by atoms with van der Waals surface area (Å²) < 4.78 is 5.32. The largest absolute Gasteiger partial charge is 0.389 e. The van der Waals surface area contributed by atoms with Gasteiger partial charge in [0.2, 0.25) is 0 Å². The Morgan fingerprint density at radius 1 is 1.53 bits per heavy atom. The van der Waals surface area contributed by atoms with Crippen LogP contribution in [0.1, 0.15) is 33.1 Å². The second kappa shape index (κ2) is 10.1. The fourth-order valence-corrected chi connectivity index (χ4v) is 1.20. The summed E-state index contributed by atoms with van der Waals surface area (Å²) in [5, 5.41) is 12.8. The van der Waals surface area contributed by atoms with Gasteiger partial charge >= 0.3 is 0 Å². The van der Waals surface area contributed by atoms with Crippen LogP contribution in [0.2, 0.25) is 0 Å². The molecule has 0 heterocycles. The van der Waals surface area contributed by atoms with E-state index in [2.05, 4.69) is 25.7 Å². The summed E-state index contributed by atoms with van der Waals surface area (Å²) in [5.41, 5.74) is 0. The van der Waals surface area contributed by atoms with Gasteiger partial charge in [0.05, 0.1) is 12.7 Å². The lowest BCUT2D eigenvalue weighted by molar-refractivity contribution is 0.0349. The third-order valence-corrected chi connectivity index (χ3v) is 2.17. The summed E-state index contributed by atoms with van der Waals surface area (Å²) in [6, 6.07) is 0.368. The summed E-state index contributed by atoms with van der Waals surface area (Å²) >= 11 is 0. The van der Waals surface area contributed by atoms with Crippen LogP contribution in [-0.2, 0) is 4.74 Å². The van der Waals surface area contributed by atoms with Gasteiger partial charge in [0, 0.05) is 19.2 Å². The number of aliphatic hydroxyl groups is 1. The Morgan fingerprint density at radius 3 is 2.87 bits per heavy atom. The number of nitrogens with one attached hydrogen (secondary N) is 1. The minimum atomic E-state index is -0.408. The third-order valence-electron chi connectivity index (χ3n) is 2.17. The van der Waals surface area contributed by atoms with Gasteiger partial charge in [-0.15, -0.1) is 6.58 Å². The van der Waals surface area contributed by atoms with E-state index in [1.165, 1.54) is 0 Å². The average molecular weight is 215 g/mol. The number of ether oxygens (including phenoxy) is 1. The van der Waals surface area contributed by atoms with Gasteiger partial charge in [0.25, 0.3) is 0 Å². The van der Waals surface area contributed by atoms with Crippen molar-refractivity contribution >= 4 is 0 Å². The summed E-state index contributed by atoms with van der Waals surface area (Å²) in [7, 11) is 0. The number of hydrogen-bond donors (Lipinski definition) is 2. The molecule has 0 aliphatic heterocycles. The molecule has 15 heavy (non-hydrogen) atoms. The highest BCUT2D eigenvalue weighted by molar-refractivity contribution is 4.75. The maximum atomic E-state index is 9.55. The topological polar surface area (TPSA) is 41.5 Å². The minimum absolute atomic E-state index is 0.368. The molecule has 0 aliphatic carbocycles. The second-order valence-electron chi connectivity index (χ2n) is 3.92. The Labute approximate surface area is 93.5 Å². The van der Waals surface area contributed by atoms with Crippen LogP contribution in [0.15, 0.2) is 12.7 Å². The lowest BCUT2D eigenvalue weighted by Crippen LogP contribution is -2.35. The molecule has 0 aromatic heterocycles. The predicted molar refractivity (Wildman–Crippen MR) is 64.0 cm³/mol. The zero-order chi connectivity index (χ0) is 11.5. The highest BCUT2D eigenvalue weighted by atomic mass is 16.5. The molecule has 0 amide bonds. The molecular weight excluding hydrogens is 190 g/mol. The highest BCUT2D eigenvalue weighted by Gasteiger charge is 2.05. The van der Waals surface area contributed by atoms with Crippen LogP contribution in [0.4, 0.5) is 0 Å². The third kappa shape index (κ3) is 9.91. The van der Waals surface area contributed by atoms with Gasteiger partial charge in [0.15, 0.2) is 0 Å². The Balaban J connectivity index is 3.31. The van der Waals surface area contributed by atoms with E-state index in [1.807, 2.05) is 6.08 Å². The number of hydrogen-bond acceptors (Lipinski definition) is 3. The first-order valence-electron chi connectivity index (χ1n) is 5.80. The molecule has 90 valence electrons. The van der Waals surface area contributed by atoms with E-state index >= 15 is 0 Å². The summed E-state index contributed by atoms with van der Waals surface area (Å²) in [5.74, 6) is 0. The van der Waals surface area contributed by atoms with Crippen molar-refractivity contribution in [3.8, 4) is 0 Å². The molecule has 2 unspecified atom stereocenters. The molecule has 0 radical (unpaired) electrons. The average Bonchev–Trinajstić information content (AvgIpc) is 2.22. The molecule has 3 nitrogen and oxygen atoms in total. The summed E-state index contributed by atoms with van der Waals surface area (Å²) in [6.45, 7) is 9.62. The van der Waals surface area contributed by atoms with Crippen molar-refractivity contribution in [3.05, 3.63) is 12.7 Å². The maximum Gasteiger partial charge on any atom is 0.0897 e. The molecule has 0 aliphatic rings. The smallest absolute Gasteiger partial charge is 0.0897 e. The zero-order valence-corrected chi connectivity index (χ0v) is 10.0. The molecule has 0 saturated carbocycles. The first-order chi connectivity index (χ1) is 7.20. The van der Waals surface area contributed by atoms with Crippen LogP contribution in [0.5, 0.6) is 0 Å². The quantitative estimate of drug-likeness (QED) is 0.431. The molecule has 0 spiro atoms. The van der Waals surface area contributed by atoms with Crippen molar-refractivity contribution in [1.82, 2.24) is 5.32 Å². The normalized spacial score (nSPS) is 14.9. The molecule has 2 N–H and O–H groups in total. The van der Waals surface area contributed by atoms with Gasteiger partial charge in [-0.3, -0.25) is 0 Å². The van der Waals surface area contributed by atoms with Gasteiger partial charge in [-0.05, 0) is 19.8 Å². The van der Waals surface area contributed by atoms with E-state index in [9.17, 15) is 5.11 Å². The van der Waals surface area contributed by atoms with E-state index in [0.29, 0.717) is 19.2 Å². The zero-order valence-electron chi connectivity index (χ0n) is 10.0. The fourth-order valence-electron chi connectivity index (χ4n) is 1.20. The van der Waals surface area contributed by atoms with Crippen LogP contribution in [0, 0.1) is 0 Å². The van der Waals surface area contributed by atoms with Gasteiger partial charge in [-0.2, -0.15) is 0 Å². The molecule has 0 bridgehead atoms. The summed E-state index contributed by atoms with van der Waals surface area (Å²) in [6.07, 6.45) is 4.58. The van der Waals surface area contributed by atoms with Crippen molar-refractivity contribution in [1.29, 1.82) is 0 Å². The number of aliphatic hydroxyl groups excluding tert-OH is 1. The fraction of sp³-hybridized carbons (Fsp3) is 0.833. The Hall–Kier alpha value is -0.380. The molecule has 0 rings (SSSR count). The van der Waals surface area contributed by atoms with Crippen molar-refractivity contribution in [2.24, 2.45) is 0 Å². The van der Waals surface area contributed by atoms with Gasteiger partial charge in [-0.1, -0.05) is 19.4 Å². The molecular formula is C12H25NO2. The number of rotatable bonds is 10. The molecule has 0 aromatic rings. The van der Waals surface area contributed by atoms with E-state index in [1.54, 1.807) is 0 Å². The van der Waals surface area contributed by atoms with E-state index in [0.717, 1.165) is 25.9 Å². The van der Waals surface area contributed by atoms with Crippen molar-refractivity contribution in [3.63, 3.8) is 0 Å². The van der Waals surface area contributed by atoms with Crippen molar-refractivity contribution < 1.29 is 9.84 Å². The van der Waals surface area contributed by atoms with Gasteiger partial charge < -0.3 is 15.2 Å². The van der Waals surface area contributed by atoms with Crippen molar-refractivity contribution in [2.45, 2.75) is 45.3 Å². The maximum absolute atomic E-state index is 9.55. The minimum Gasteiger partial charge on any atom is -0.389 e. The van der Waals surface area contributed by atoms with Crippen LogP contribution < -0.4 is 5.32 Å². The molecule has 3 heteroatoms. The van der Waals surface area contributed by atoms with Crippen molar-refractivity contribution in [2.75, 3.05) is 19.8 Å². The standard InChI is InChI=1S/C12H25NO2/c1-4-6-8-15-10-12(14)9-13-11(3)7-5-2/h5,11-14H,2,4,6-10H2,1,3H3. The Morgan fingerprint density at radius 2 is 2.27 bits per heavy atom. The Kier molecular flexibility index (Phi) is 9.89. The first-order valence-corrected chi connectivity index (χ1v) is 5.80. The summed E-state index contributed by atoms with van der Waals surface area (Å²) in [4.78, 5) is 0. The van der Waals surface area contributed by atoms with Crippen LogP contribution in [0.25, 0.3) is 0 Å². The van der Waals surface area contributed by atoms with E-state index in [4.69, 9.17) is 4.74 Å². The molecule has 2 atom stereocenters. The Bertz CT molecular complexity index is 151. The van der Waals surface area contributed by atoms with E-state index in [-0.39, 0.29) is 0 Å². The number of unbranched alkanes of at least 4 members (excludes halogenated alkanes) is 1. The lowest BCUT2D eigenvalue weighted by Gasteiger charge is -2.15.